The van der Waals surface area contributed by atoms with Gasteiger partial charge in [-0.05, 0) is 90.4 Å². The van der Waals surface area contributed by atoms with Gasteiger partial charge in [0, 0.05) is 43.1 Å². The van der Waals surface area contributed by atoms with E-state index in [1.54, 1.807) is 0 Å². The number of nitrogens with zero attached hydrogens (tertiary/aromatic N) is 2. The highest BCUT2D eigenvalue weighted by Gasteiger charge is 2.30. The van der Waals surface area contributed by atoms with Crippen molar-refractivity contribution in [2.45, 2.75) is 105 Å². The molecule has 0 atom stereocenters. The van der Waals surface area contributed by atoms with Gasteiger partial charge in [-0.25, -0.2) is 0 Å². The maximum absolute atomic E-state index is 2.60. The number of hydrogen-bond acceptors (Lipinski definition) is 0. The van der Waals surface area contributed by atoms with E-state index in [9.17, 15) is 0 Å². The van der Waals surface area contributed by atoms with Crippen molar-refractivity contribution in [2.75, 3.05) is 0 Å². The van der Waals surface area contributed by atoms with Crippen LogP contribution < -0.4 is 0 Å². The molecule has 2 nitrogen and oxygen atoms in total. The number of para-hydroxylation sites is 2. The molecule has 0 aliphatic rings. The zero-order valence-electron chi connectivity index (χ0n) is 37.4. The first-order valence-corrected chi connectivity index (χ1v) is 21.9. The quantitative estimate of drug-likeness (QED) is 0.165. The number of benzene rings is 7. The van der Waals surface area contributed by atoms with Gasteiger partial charge in [0.1, 0.15) is 0 Å². The number of rotatable bonds is 2. The number of hydrogen-bond donors (Lipinski definition) is 0. The third-order valence-electron chi connectivity index (χ3n) is 13.7. The molecule has 7 aromatic carbocycles. The molecule has 0 radical (unpaired) electrons. The summed E-state index contributed by atoms with van der Waals surface area (Å²) in [6, 6.07) is 47.3. The molecule has 4 aromatic heterocycles. The van der Waals surface area contributed by atoms with E-state index in [0.29, 0.717) is 0 Å². The highest BCUT2D eigenvalue weighted by molar-refractivity contribution is 6.45. The predicted octanol–water partition coefficient (Wildman–Crippen LogP) is 16.5. The minimum Gasteiger partial charge on any atom is -0.308 e. The topological polar surface area (TPSA) is 8.82 Å². The van der Waals surface area contributed by atoms with Crippen LogP contribution in [0.1, 0.15) is 105 Å². The zero-order valence-corrected chi connectivity index (χ0v) is 37.4. The SMILES string of the molecule is CC(C)(C)c1ccc(C(C)(C)C)c(-c2ccc3c4c5c6ccccc6n6c7cc(-c8cc(C(C)(C)C)ccc8C(C)(C)C)ccc7c(c7c8ccccc8n(c3c2)c74)c56)c1. The summed E-state index contributed by atoms with van der Waals surface area (Å²) in [4.78, 5) is 0. The Labute approximate surface area is 354 Å². The molecule has 0 amide bonds. The second-order valence-electron chi connectivity index (χ2n) is 21.9. The van der Waals surface area contributed by atoms with E-state index in [4.69, 9.17) is 0 Å². The van der Waals surface area contributed by atoms with Crippen LogP contribution in [-0.4, -0.2) is 8.80 Å². The van der Waals surface area contributed by atoms with Gasteiger partial charge in [0.15, 0.2) is 0 Å². The normalized spacial score (nSPS) is 13.7. The van der Waals surface area contributed by atoms with E-state index < -0.39 is 0 Å². The monoisotopic (exact) mass is 780 g/mol. The maximum Gasteiger partial charge on any atom is 0.0634 e. The largest absolute Gasteiger partial charge is 0.308 e. The van der Waals surface area contributed by atoms with Crippen molar-refractivity contribution in [2.24, 2.45) is 0 Å². The maximum atomic E-state index is 2.60. The van der Waals surface area contributed by atoms with Crippen LogP contribution in [0, 0.1) is 0 Å². The first-order valence-electron chi connectivity index (χ1n) is 21.9. The van der Waals surface area contributed by atoms with Crippen LogP contribution in [-0.2, 0) is 21.7 Å². The molecule has 298 valence electrons. The summed E-state index contributed by atoms with van der Waals surface area (Å²) < 4.78 is 5.20. The van der Waals surface area contributed by atoms with Crippen molar-refractivity contribution < 1.29 is 0 Å². The van der Waals surface area contributed by atoms with Gasteiger partial charge < -0.3 is 8.80 Å². The number of aromatic nitrogens is 2. The molecule has 0 fully saturated rings. The fourth-order valence-electron chi connectivity index (χ4n) is 10.7. The summed E-state index contributed by atoms with van der Waals surface area (Å²) in [5.41, 5.74) is 18.5. The van der Waals surface area contributed by atoms with E-state index in [2.05, 4.69) is 213 Å². The Morgan fingerprint density at radius 2 is 0.667 bits per heavy atom. The van der Waals surface area contributed by atoms with Crippen LogP contribution in [0.5, 0.6) is 0 Å². The molecule has 60 heavy (non-hydrogen) atoms. The average Bonchev–Trinajstić information content (AvgIpc) is 3.92. The predicted molar refractivity (Wildman–Crippen MR) is 261 cm³/mol. The summed E-state index contributed by atoms with van der Waals surface area (Å²) in [5.74, 6) is 0. The van der Waals surface area contributed by atoms with Gasteiger partial charge in [0.2, 0.25) is 0 Å². The first-order chi connectivity index (χ1) is 28.3. The highest BCUT2D eigenvalue weighted by atomic mass is 14.9. The minimum atomic E-state index is -0.00199. The van der Waals surface area contributed by atoms with Gasteiger partial charge in [-0.3, -0.25) is 0 Å². The molecule has 0 saturated heterocycles. The fraction of sp³-hybridized carbons (Fsp3) is 0.276. The average molecular weight is 781 g/mol. The smallest absolute Gasteiger partial charge is 0.0634 e. The Morgan fingerprint density at radius 3 is 1.02 bits per heavy atom. The van der Waals surface area contributed by atoms with Crippen molar-refractivity contribution >= 4 is 76.2 Å². The minimum absolute atomic E-state index is 0.00199. The lowest BCUT2D eigenvalue weighted by molar-refractivity contribution is 0.578. The Kier molecular flexibility index (Phi) is 7.38. The fourth-order valence-corrected chi connectivity index (χ4v) is 10.7. The highest BCUT2D eigenvalue weighted by Crippen LogP contribution is 2.53. The lowest BCUT2D eigenvalue weighted by atomic mass is 9.78. The van der Waals surface area contributed by atoms with Crippen molar-refractivity contribution in [1.29, 1.82) is 0 Å². The molecule has 0 aliphatic heterocycles. The molecule has 0 saturated carbocycles. The van der Waals surface area contributed by atoms with Crippen LogP contribution in [0.3, 0.4) is 0 Å². The summed E-state index contributed by atoms with van der Waals surface area (Å²) in [6.45, 7) is 28.0. The third-order valence-corrected chi connectivity index (χ3v) is 13.7. The van der Waals surface area contributed by atoms with Crippen LogP contribution in [0.2, 0.25) is 0 Å². The summed E-state index contributed by atoms with van der Waals surface area (Å²) in [7, 11) is 0. The molecular formula is C58H56N2. The lowest BCUT2D eigenvalue weighted by Crippen LogP contribution is -2.16. The van der Waals surface area contributed by atoms with Crippen LogP contribution in [0.25, 0.3) is 98.4 Å². The Morgan fingerprint density at radius 1 is 0.317 bits per heavy atom. The molecule has 11 aromatic rings. The van der Waals surface area contributed by atoms with E-state index in [1.807, 2.05) is 0 Å². The molecule has 11 rings (SSSR count). The van der Waals surface area contributed by atoms with Gasteiger partial charge in [0.25, 0.3) is 0 Å². The van der Waals surface area contributed by atoms with Crippen molar-refractivity contribution in [3.05, 3.63) is 144 Å². The molecule has 0 bridgehead atoms. The molecule has 0 unspecified atom stereocenters. The van der Waals surface area contributed by atoms with Crippen LogP contribution >= 0.6 is 0 Å². The summed E-state index contributed by atoms with van der Waals surface area (Å²) in [6.07, 6.45) is 0. The zero-order chi connectivity index (χ0) is 42.0. The van der Waals surface area contributed by atoms with Crippen LogP contribution in [0.15, 0.2) is 121 Å². The lowest BCUT2D eigenvalue weighted by Gasteiger charge is -2.27. The van der Waals surface area contributed by atoms with Gasteiger partial charge >= 0.3 is 0 Å². The summed E-state index contributed by atoms with van der Waals surface area (Å²) >= 11 is 0. The Bertz CT molecular complexity index is 3320. The van der Waals surface area contributed by atoms with E-state index >= 15 is 0 Å². The molecular weight excluding hydrogens is 725 g/mol. The van der Waals surface area contributed by atoms with Crippen molar-refractivity contribution in [1.82, 2.24) is 8.80 Å². The Balaban J connectivity index is 1.29. The van der Waals surface area contributed by atoms with E-state index in [0.717, 1.165) is 0 Å². The van der Waals surface area contributed by atoms with E-state index in [1.165, 1.54) is 121 Å². The second kappa shape index (κ2) is 11.9. The molecule has 0 N–H and O–H groups in total. The van der Waals surface area contributed by atoms with Crippen molar-refractivity contribution in [3.8, 4) is 22.3 Å². The second-order valence-corrected chi connectivity index (χ2v) is 21.9. The van der Waals surface area contributed by atoms with Gasteiger partial charge in [-0.1, -0.05) is 180 Å². The van der Waals surface area contributed by atoms with Gasteiger partial charge in [0.05, 0.1) is 33.1 Å². The van der Waals surface area contributed by atoms with E-state index in [-0.39, 0.29) is 21.7 Å². The molecule has 2 heteroatoms. The standard InChI is InChI=1S/C58H56N2/c1-55(2,3)35-23-27-43(57(7,8)9)41(31-35)33-21-25-39-47(29-33)59-45-19-15-13-17-37(45)50-52-40-26-22-34(42-32-36(56(4,5)6)24-28-44(42)58(10,11)12)30-48(40)60-46-20-16-14-18-38(46)49(54(52)60)51(39)53(50)59/h13-32H,1-12H3. The molecule has 0 aliphatic carbocycles. The van der Waals surface area contributed by atoms with Crippen LogP contribution in [0.4, 0.5) is 0 Å². The first kappa shape index (κ1) is 37.2. The number of fused-ring (bicyclic) bond motifs is 14. The molecule has 0 spiro atoms. The summed E-state index contributed by atoms with van der Waals surface area (Å²) in [5, 5.41) is 10.7. The van der Waals surface area contributed by atoms with Crippen molar-refractivity contribution in [3.63, 3.8) is 0 Å². The third kappa shape index (κ3) is 5.06. The van der Waals surface area contributed by atoms with Gasteiger partial charge in [-0.15, -0.1) is 0 Å². The molecule has 4 heterocycles. The van der Waals surface area contributed by atoms with Gasteiger partial charge in [-0.2, -0.15) is 0 Å². The Hall–Kier alpha value is -5.86.